The molecule has 1 N–H and O–H groups in total. The fraction of sp³-hybridized carbons (Fsp3) is 0.220. The quantitative estimate of drug-likeness (QED) is 0.0619. The van der Waals surface area contributed by atoms with E-state index in [1.165, 1.54) is 69.5 Å². The Hall–Kier alpha value is -12.5. The third-order valence-corrected chi connectivity index (χ3v) is 23.0. The van der Waals surface area contributed by atoms with Crippen LogP contribution >= 0.6 is 0 Å². The number of nitrogens with one attached hydrogen (secondary N) is 1. The first kappa shape index (κ1) is 74.9. The standard InChI is InChI=1S/C58H51N7O2.C23H28.C19H17N3/c1-40-16-18-41(19-17-40)59-60-42-20-26-47(27-21-42)63(45-12-8-6-9-13-45)50-32-34-52-54(36-50)58(38-56(52,2)3)39-57(4,5)53-35-33-51(37-55(53)58)64(46-14-10-7-11-15-46)48-28-22-43(23-29-48)61-62-44-24-30-49(31-25-44)65(66)67;1-15-7-9-17-19(11-15)23(13-21(17,3)4)14-22(5,6)18-10-8-16(2)12-20(18)23;1-15-7-9-18(10-8-15)21-22-19-13-11-17(12-14-19)20-16-5-3-2-4-6-16/h6-37H,38-39H2,1-5H3;7-12H,13-14H2,1-6H3;2-14,20H,1H3. The summed E-state index contributed by atoms with van der Waals surface area (Å²) in [5.41, 5.74) is 30.4. The molecule has 0 bridgehead atoms. The molecule has 0 saturated heterocycles. The zero-order valence-electron chi connectivity index (χ0n) is 66.1. The molecule has 112 heavy (non-hydrogen) atoms. The van der Waals surface area contributed by atoms with Crippen molar-refractivity contribution in [1.29, 1.82) is 0 Å². The third-order valence-electron chi connectivity index (χ3n) is 23.0. The number of non-ortho nitro benzene ring substituents is 1. The molecule has 1 unspecified atom stereocenters. The normalized spacial score (nSPS) is 16.6. The van der Waals surface area contributed by atoms with Crippen molar-refractivity contribution >= 4 is 85.3 Å². The lowest BCUT2D eigenvalue weighted by Gasteiger charge is -2.32. The molecule has 0 saturated carbocycles. The predicted octanol–water partition coefficient (Wildman–Crippen LogP) is 29.4. The van der Waals surface area contributed by atoms with E-state index in [4.69, 9.17) is 0 Å². The number of hydrogen-bond acceptors (Lipinski definition) is 11. The number of hydrogen-bond donors (Lipinski definition) is 1. The van der Waals surface area contributed by atoms with E-state index >= 15 is 0 Å². The molecule has 0 amide bonds. The molecule has 17 rings (SSSR count). The highest BCUT2D eigenvalue weighted by molar-refractivity contribution is 5.82. The maximum absolute atomic E-state index is 11.1. The lowest BCUT2D eigenvalue weighted by atomic mass is 9.72. The van der Waals surface area contributed by atoms with Crippen molar-refractivity contribution in [3.8, 4) is 0 Å². The van der Waals surface area contributed by atoms with Crippen LogP contribution in [0.3, 0.4) is 0 Å². The fourth-order valence-corrected chi connectivity index (χ4v) is 18.1. The van der Waals surface area contributed by atoms with Gasteiger partial charge in [0.1, 0.15) is 0 Å². The summed E-state index contributed by atoms with van der Waals surface area (Å²) in [5, 5.41) is 40.8. The Bertz CT molecular complexity index is 5590. The summed E-state index contributed by atoms with van der Waals surface area (Å²) in [7, 11) is 0. The zero-order chi connectivity index (χ0) is 78.2. The van der Waals surface area contributed by atoms with Gasteiger partial charge in [-0.15, -0.1) is 0 Å². The Morgan fingerprint density at radius 2 is 0.527 bits per heavy atom. The van der Waals surface area contributed by atoms with Crippen molar-refractivity contribution < 1.29 is 4.92 Å². The highest BCUT2D eigenvalue weighted by Crippen LogP contribution is 2.65. The largest absolute Gasteiger partial charge is 0.356 e. The first-order chi connectivity index (χ1) is 53.8. The number of nitrogens with zero attached hydrogens (tertiary/aromatic N) is 9. The van der Waals surface area contributed by atoms with Crippen molar-refractivity contribution in [2.75, 3.05) is 15.1 Å². The predicted molar refractivity (Wildman–Crippen MR) is 461 cm³/mol. The lowest BCUT2D eigenvalue weighted by Crippen LogP contribution is -2.27. The van der Waals surface area contributed by atoms with Gasteiger partial charge in [0.25, 0.3) is 5.69 Å². The van der Waals surface area contributed by atoms with Crippen LogP contribution in [0.4, 0.5) is 85.3 Å². The maximum Gasteiger partial charge on any atom is 0.269 e. The minimum atomic E-state index is -0.423. The molecule has 12 heteroatoms. The third kappa shape index (κ3) is 15.4. The van der Waals surface area contributed by atoms with Crippen LogP contribution in [-0.4, -0.2) is 4.92 Å². The number of nitro benzene ring substituents is 1. The first-order valence-electron chi connectivity index (χ1n) is 38.8. The monoisotopic (exact) mass is 1470 g/mol. The molecule has 558 valence electrons. The second-order valence-electron chi connectivity index (χ2n) is 33.4. The number of anilines is 8. The molecule has 4 aliphatic rings. The second-order valence-corrected chi connectivity index (χ2v) is 33.4. The zero-order valence-corrected chi connectivity index (χ0v) is 66.1. The van der Waals surface area contributed by atoms with E-state index in [2.05, 4.69) is 281 Å². The van der Waals surface area contributed by atoms with Gasteiger partial charge in [0, 0.05) is 68.5 Å². The Morgan fingerprint density at radius 1 is 0.277 bits per heavy atom. The van der Waals surface area contributed by atoms with Gasteiger partial charge in [-0.3, -0.25) is 10.1 Å². The van der Waals surface area contributed by atoms with Gasteiger partial charge in [0.15, 0.2) is 0 Å². The Labute approximate surface area is 659 Å². The molecule has 1 atom stereocenters. The maximum atomic E-state index is 11.1. The summed E-state index contributed by atoms with van der Waals surface area (Å²) in [5.74, 6) is 0. The SMILES string of the molecule is Cc1ccc(N=Nc2ccc(N(c3ccccc3)c3ccc4c(c3)C3(CC4(C)C)CC(C)(C)c4ccc(N(c5ccccc5)c5ccc(N=Nc6ccc([N+](=O)[O-])cc6)cc5)cc43)cc2)cc1.Cc1ccc(N=Nc2ccc(Nc3ccccc3)cc2)cc1.Cc1ccc2c(c1)C1(CC2(C)C)CC(C)(C)c2ccc(C)cc21. The minimum absolute atomic E-state index is 0.0160. The minimum Gasteiger partial charge on any atom is -0.356 e. The van der Waals surface area contributed by atoms with E-state index in [1.807, 2.05) is 133 Å². The van der Waals surface area contributed by atoms with Crippen LogP contribution in [0.25, 0.3) is 0 Å². The first-order valence-corrected chi connectivity index (χ1v) is 38.8. The van der Waals surface area contributed by atoms with Crippen molar-refractivity contribution in [2.24, 2.45) is 30.7 Å². The smallest absolute Gasteiger partial charge is 0.269 e. The van der Waals surface area contributed by atoms with Crippen molar-refractivity contribution in [3.05, 3.63) is 386 Å². The molecule has 0 radical (unpaired) electrons. The molecule has 0 aliphatic heterocycles. The van der Waals surface area contributed by atoms with Crippen LogP contribution < -0.4 is 15.1 Å². The van der Waals surface area contributed by atoms with E-state index < -0.39 is 4.92 Å². The molecular formula is C100H96N10O2. The Morgan fingerprint density at radius 3 is 0.857 bits per heavy atom. The number of fused-ring (bicyclic) bond motifs is 8. The van der Waals surface area contributed by atoms with Gasteiger partial charge in [0.2, 0.25) is 0 Å². The second kappa shape index (κ2) is 30.4. The van der Waals surface area contributed by atoms with Crippen LogP contribution in [0.15, 0.2) is 340 Å². The molecular weight excluding hydrogens is 1370 g/mol. The molecule has 0 heterocycles. The number of aryl methyl sites for hydroxylation is 4. The van der Waals surface area contributed by atoms with Gasteiger partial charge >= 0.3 is 0 Å². The van der Waals surface area contributed by atoms with Gasteiger partial charge in [0.05, 0.1) is 39.0 Å². The number of azo groups is 3. The van der Waals surface area contributed by atoms with Gasteiger partial charge in [-0.1, -0.05) is 205 Å². The van der Waals surface area contributed by atoms with E-state index in [0.717, 1.165) is 81.1 Å². The van der Waals surface area contributed by atoms with Crippen LogP contribution in [0, 0.1) is 37.8 Å². The van der Waals surface area contributed by atoms with Gasteiger partial charge in [-0.2, -0.15) is 30.7 Å². The van der Waals surface area contributed by atoms with Crippen LogP contribution in [0.1, 0.15) is 148 Å². The van der Waals surface area contributed by atoms with E-state index in [9.17, 15) is 10.1 Å². The van der Waals surface area contributed by atoms with Crippen LogP contribution in [0.2, 0.25) is 0 Å². The summed E-state index contributed by atoms with van der Waals surface area (Å²) in [6, 6.07) is 106. The average Bonchev–Trinajstić information content (AvgIpc) is 1.53. The molecule has 0 fully saturated rings. The molecule has 13 aromatic rings. The molecule has 4 aliphatic carbocycles. The van der Waals surface area contributed by atoms with Crippen LogP contribution in [0.5, 0.6) is 0 Å². The van der Waals surface area contributed by atoms with Gasteiger partial charge < -0.3 is 15.1 Å². The number of nitro groups is 1. The van der Waals surface area contributed by atoms with Gasteiger partial charge in [-0.05, 0) is 289 Å². The summed E-state index contributed by atoms with van der Waals surface area (Å²) in [4.78, 5) is 15.4. The highest BCUT2D eigenvalue weighted by atomic mass is 16.6. The van der Waals surface area contributed by atoms with Crippen molar-refractivity contribution in [2.45, 2.75) is 141 Å². The van der Waals surface area contributed by atoms with E-state index in [0.29, 0.717) is 11.4 Å². The fourth-order valence-electron chi connectivity index (χ4n) is 18.1. The van der Waals surface area contributed by atoms with E-state index in [1.54, 1.807) is 34.4 Å². The van der Waals surface area contributed by atoms with E-state index in [-0.39, 0.29) is 38.2 Å². The molecule has 13 aromatic carbocycles. The number of rotatable bonds is 15. The Kier molecular flexibility index (Phi) is 20.3. The van der Waals surface area contributed by atoms with Crippen molar-refractivity contribution in [1.82, 2.24) is 0 Å². The summed E-state index contributed by atoms with van der Waals surface area (Å²) < 4.78 is 0. The summed E-state index contributed by atoms with van der Waals surface area (Å²) >= 11 is 0. The molecule has 2 spiro atoms. The van der Waals surface area contributed by atoms with Gasteiger partial charge in [-0.25, -0.2) is 0 Å². The summed E-state index contributed by atoms with van der Waals surface area (Å²) in [6.45, 7) is 27.9. The molecule has 0 aromatic heterocycles. The molecule has 12 nitrogen and oxygen atoms in total. The van der Waals surface area contributed by atoms with Crippen molar-refractivity contribution in [3.63, 3.8) is 0 Å². The highest BCUT2D eigenvalue weighted by Gasteiger charge is 2.58. The topological polar surface area (TPSA) is 136 Å². The van der Waals surface area contributed by atoms with Crippen LogP contribution in [-0.2, 0) is 32.5 Å². The number of benzene rings is 13. The Balaban J connectivity index is 0.000000177. The summed E-state index contributed by atoms with van der Waals surface area (Å²) in [6.07, 6.45) is 4.45. The average molecular weight is 1470 g/mol. The number of para-hydroxylation sites is 3. The lowest BCUT2D eigenvalue weighted by molar-refractivity contribution is -0.384.